The molecule has 1 aliphatic carbocycles. The van der Waals surface area contributed by atoms with Crippen LogP contribution in [0.2, 0.25) is 0 Å². The first-order valence-electron chi connectivity index (χ1n) is 7.93. The van der Waals surface area contributed by atoms with E-state index in [0.29, 0.717) is 11.5 Å². The lowest BCUT2D eigenvalue weighted by Gasteiger charge is -2.22. The van der Waals surface area contributed by atoms with Crippen molar-refractivity contribution in [3.63, 3.8) is 0 Å². The van der Waals surface area contributed by atoms with Crippen molar-refractivity contribution >= 4 is 5.69 Å². The number of nitro groups is 1. The van der Waals surface area contributed by atoms with Gasteiger partial charge in [0.05, 0.1) is 4.92 Å². The highest BCUT2D eigenvalue weighted by Crippen LogP contribution is 2.33. The molecule has 0 aromatic heterocycles. The topological polar surface area (TPSA) is 55.2 Å². The third-order valence-corrected chi connectivity index (χ3v) is 4.57. The SMILES string of the molecule is CC1(C)CCCC(NCCc2ccc([N+](=O)[O-])cc2)CC1. The first kappa shape index (κ1) is 16.0. The maximum Gasteiger partial charge on any atom is 0.269 e. The molecule has 0 aliphatic heterocycles. The first-order valence-corrected chi connectivity index (χ1v) is 7.93. The van der Waals surface area contributed by atoms with Crippen LogP contribution in [0.5, 0.6) is 0 Å². The van der Waals surface area contributed by atoms with Gasteiger partial charge in [-0.05, 0) is 49.6 Å². The number of benzene rings is 1. The second kappa shape index (κ2) is 7.03. The minimum Gasteiger partial charge on any atom is -0.314 e. The number of non-ortho nitro benzene ring substituents is 1. The van der Waals surface area contributed by atoms with E-state index in [9.17, 15) is 10.1 Å². The summed E-state index contributed by atoms with van der Waals surface area (Å²) in [5, 5.41) is 14.3. The van der Waals surface area contributed by atoms with Crippen molar-refractivity contribution in [2.24, 2.45) is 5.41 Å². The van der Waals surface area contributed by atoms with Crippen molar-refractivity contribution in [1.82, 2.24) is 5.32 Å². The van der Waals surface area contributed by atoms with Crippen LogP contribution in [0.3, 0.4) is 0 Å². The van der Waals surface area contributed by atoms with Crippen molar-refractivity contribution in [2.45, 2.75) is 58.4 Å². The van der Waals surface area contributed by atoms with Gasteiger partial charge in [-0.2, -0.15) is 0 Å². The number of hydrogen-bond donors (Lipinski definition) is 1. The van der Waals surface area contributed by atoms with E-state index in [0.717, 1.165) is 18.5 Å². The summed E-state index contributed by atoms with van der Waals surface area (Å²) >= 11 is 0. The van der Waals surface area contributed by atoms with E-state index in [2.05, 4.69) is 19.2 Å². The molecule has 21 heavy (non-hydrogen) atoms. The van der Waals surface area contributed by atoms with Gasteiger partial charge < -0.3 is 5.32 Å². The Morgan fingerprint density at radius 3 is 2.62 bits per heavy atom. The molecule has 0 spiro atoms. The van der Waals surface area contributed by atoms with Crippen molar-refractivity contribution in [2.75, 3.05) is 6.54 Å². The lowest BCUT2D eigenvalue weighted by molar-refractivity contribution is -0.384. The van der Waals surface area contributed by atoms with Gasteiger partial charge in [0.15, 0.2) is 0 Å². The summed E-state index contributed by atoms with van der Waals surface area (Å²) in [6.07, 6.45) is 7.38. The molecule has 0 amide bonds. The molecule has 0 heterocycles. The van der Waals surface area contributed by atoms with Crippen LogP contribution in [0.1, 0.15) is 51.5 Å². The van der Waals surface area contributed by atoms with Crippen molar-refractivity contribution in [1.29, 1.82) is 0 Å². The minimum atomic E-state index is -0.352. The summed E-state index contributed by atoms with van der Waals surface area (Å²) in [6, 6.07) is 7.52. The quantitative estimate of drug-likeness (QED) is 0.505. The fourth-order valence-corrected chi connectivity index (χ4v) is 3.07. The van der Waals surface area contributed by atoms with Gasteiger partial charge in [0.25, 0.3) is 5.69 Å². The normalized spacial score (nSPS) is 21.7. The van der Waals surface area contributed by atoms with Gasteiger partial charge >= 0.3 is 0 Å². The number of rotatable bonds is 5. The Balaban J connectivity index is 1.75. The van der Waals surface area contributed by atoms with E-state index >= 15 is 0 Å². The molecule has 4 heteroatoms. The predicted octanol–water partition coefficient (Wildman–Crippen LogP) is 4.09. The molecule has 0 radical (unpaired) electrons. The largest absolute Gasteiger partial charge is 0.314 e. The minimum absolute atomic E-state index is 0.165. The molecular formula is C17H26N2O2. The van der Waals surface area contributed by atoms with E-state index in [1.807, 2.05) is 12.1 Å². The van der Waals surface area contributed by atoms with Gasteiger partial charge in [-0.15, -0.1) is 0 Å². The Bertz CT molecular complexity index is 468. The van der Waals surface area contributed by atoms with E-state index < -0.39 is 0 Å². The van der Waals surface area contributed by atoms with Gasteiger partial charge in [-0.1, -0.05) is 32.4 Å². The summed E-state index contributed by atoms with van der Waals surface area (Å²) in [4.78, 5) is 10.3. The molecule has 1 unspecified atom stereocenters. The molecule has 1 aliphatic rings. The van der Waals surface area contributed by atoms with Crippen LogP contribution in [-0.2, 0) is 6.42 Å². The summed E-state index contributed by atoms with van der Waals surface area (Å²) in [6.45, 7) is 5.68. The molecule has 2 rings (SSSR count). The van der Waals surface area contributed by atoms with Gasteiger partial charge in [-0.25, -0.2) is 0 Å². The molecule has 1 aromatic rings. The Kier molecular flexibility index (Phi) is 5.34. The lowest BCUT2D eigenvalue weighted by atomic mass is 9.85. The third kappa shape index (κ3) is 5.12. The number of nitrogens with zero attached hydrogens (tertiary/aromatic N) is 1. The van der Waals surface area contributed by atoms with E-state index in [-0.39, 0.29) is 10.6 Å². The summed E-state index contributed by atoms with van der Waals surface area (Å²) in [7, 11) is 0. The monoisotopic (exact) mass is 290 g/mol. The molecule has 1 aromatic carbocycles. The average molecular weight is 290 g/mol. The molecular weight excluding hydrogens is 264 g/mol. The third-order valence-electron chi connectivity index (χ3n) is 4.57. The van der Waals surface area contributed by atoms with Crippen molar-refractivity contribution in [3.05, 3.63) is 39.9 Å². The predicted molar refractivity (Wildman–Crippen MR) is 85.5 cm³/mol. The highest BCUT2D eigenvalue weighted by molar-refractivity contribution is 5.32. The average Bonchev–Trinajstić information content (AvgIpc) is 2.61. The Hall–Kier alpha value is -1.42. The van der Waals surface area contributed by atoms with Crippen LogP contribution in [0.4, 0.5) is 5.69 Å². The zero-order valence-corrected chi connectivity index (χ0v) is 13.1. The Morgan fingerprint density at radius 1 is 1.24 bits per heavy atom. The molecule has 4 nitrogen and oxygen atoms in total. The van der Waals surface area contributed by atoms with Crippen LogP contribution < -0.4 is 5.32 Å². The maximum absolute atomic E-state index is 10.6. The summed E-state index contributed by atoms with van der Waals surface area (Å²) in [5.74, 6) is 0. The smallest absolute Gasteiger partial charge is 0.269 e. The second-order valence-corrected chi connectivity index (χ2v) is 6.92. The Labute approximate surface area is 127 Å². The van der Waals surface area contributed by atoms with Crippen LogP contribution in [-0.4, -0.2) is 17.5 Å². The maximum atomic E-state index is 10.6. The van der Waals surface area contributed by atoms with Gasteiger partial charge in [0.1, 0.15) is 0 Å². The highest BCUT2D eigenvalue weighted by atomic mass is 16.6. The molecule has 1 N–H and O–H groups in total. The van der Waals surface area contributed by atoms with Crippen LogP contribution in [0, 0.1) is 15.5 Å². The van der Waals surface area contributed by atoms with E-state index in [4.69, 9.17) is 0 Å². The zero-order chi connectivity index (χ0) is 15.3. The van der Waals surface area contributed by atoms with E-state index in [1.54, 1.807) is 12.1 Å². The zero-order valence-electron chi connectivity index (χ0n) is 13.1. The van der Waals surface area contributed by atoms with Crippen LogP contribution in [0.25, 0.3) is 0 Å². The second-order valence-electron chi connectivity index (χ2n) is 6.92. The number of nitrogens with one attached hydrogen (secondary N) is 1. The van der Waals surface area contributed by atoms with Gasteiger partial charge in [0, 0.05) is 18.2 Å². The summed E-state index contributed by atoms with van der Waals surface area (Å²) < 4.78 is 0. The highest BCUT2D eigenvalue weighted by Gasteiger charge is 2.23. The van der Waals surface area contributed by atoms with Gasteiger partial charge in [-0.3, -0.25) is 10.1 Å². The standard InChI is InChI=1S/C17H26N2O2/c1-17(2)11-3-4-15(9-12-17)18-13-10-14-5-7-16(8-6-14)19(20)21/h5-8,15,18H,3-4,9-13H2,1-2H3. The molecule has 0 bridgehead atoms. The fraction of sp³-hybridized carbons (Fsp3) is 0.647. The van der Waals surface area contributed by atoms with Crippen LogP contribution in [0.15, 0.2) is 24.3 Å². The van der Waals surface area contributed by atoms with Crippen LogP contribution >= 0.6 is 0 Å². The molecule has 116 valence electrons. The number of nitro benzene ring substituents is 1. The van der Waals surface area contributed by atoms with Crippen molar-refractivity contribution < 1.29 is 4.92 Å². The van der Waals surface area contributed by atoms with Crippen molar-refractivity contribution in [3.8, 4) is 0 Å². The first-order chi connectivity index (χ1) is 9.96. The number of hydrogen-bond acceptors (Lipinski definition) is 3. The molecule has 0 saturated heterocycles. The van der Waals surface area contributed by atoms with Gasteiger partial charge in [0.2, 0.25) is 0 Å². The van der Waals surface area contributed by atoms with E-state index in [1.165, 1.54) is 32.1 Å². The fourth-order valence-electron chi connectivity index (χ4n) is 3.07. The molecule has 1 saturated carbocycles. The lowest BCUT2D eigenvalue weighted by Crippen LogP contribution is -2.30. The summed E-state index contributed by atoms with van der Waals surface area (Å²) in [5.41, 5.74) is 1.81. The Morgan fingerprint density at radius 2 is 1.95 bits per heavy atom. The molecule has 1 fully saturated rings. The molecule has 1 atom stereocenters.